The van der Waals surface area contributed by atoms with Crippen LogP contribution in [-0.2, 0) is 19.4 Å². The third-order valence-electron chi connectivity index (χ3n) is 3.67. The summed E-state index contributed by atoms with van der Waals surface area (Å²) in [5, 5.41) is 8.99. The van der Waals surface area contributed by atoms with Crippen molar-refractivity contribution in [1.29, 1.82) is 0 Å². The predicted octanol–water partition coefficient (Wildman–Crippen LogP) is -0.113. The van der Waals surface area contributed by atoms with Crippen LogP contribution in [0, 0.1) is 5.92 Å². The lowest BCUT2D eigenvalue weighted by Gasteiger charge is -2.38. The van der Waals surface area contributed by atoms with Gasteiger partial charge in [0.1, 0.15) is 0 Å². The van der Waals surface area contributed by atoms with Crippen LogP contribution < -0.4 is 0 Å². The highest BCUT2D eigenvalue weighted by molar-refractivity contribution is 7.91. The molecule has 2 aliphatic heterocycles. The molecule has 0 aromatic rings. The predicted molar refractivity (Wildman–Crippen MR) is 63.7 cm³/mol. The van der Waals surface area contributed by atoms with Gasteiger partial charge in [0.25, 0.3) is 0 Å². The van der Waals surface area contributed by atoms with E-state index in [0.717, 1.165) is 0 Å². The zero-order chi connectivity index (χ0) is 13.3. The van der Waals surface area contributed by atoms with Crippen molar-refractivity contribution in [2.45, 2.75) is 31.7 Å². The highest BCUT2D eigenvalue weighted by Gasteiger charge is 2.37. The number of nitrogens with zero attached hydrogens (tertiary/aromatic N) is 1. The molecule has 2 rings (SSSR count). The smallest absolute Gasteiger partial charge is 0.308 e. The quantitative estimate of drug-likeness (QED) is 0.759. The molecule has 102 valence electrons. The summed E-state index contributed by atoms with van der Waals surface area (Å²) in [6.45, 7) is 0.147. The summed E-state index contributed by atoms with van der Waals surface area (Å²) in [6.07, 6.45) is 1.75. The second kappa shape index (κ2) is 4.87. The minimum Gasteiger partial charge on any atom is -0.481 e. The Kier molecular flexibility index (Phi) is 3.61. The molecule has 1 N–H and O–H groups in total. The lowest BCUT2D eigenvalue weighted by Crippen LogP contribution is -2.52. The van der Waals surface area contributed by atoms with Gasteiger partial charge in [-0.1, -0.05) is 0 Å². The molecule has 0 aromatic carbocycles. The summed E-state index contributed by atoms with van der Waals surface area (Å²) in [4.78, 5) is 24.2. The standard InChI is InChI=1S/C11H17NO5S/c13-10-4-3-8(11(14)15)6-12(10)9-2-1-5-18(16,17)7-9/h8-9H,1-7H2,(H,14,15). The number of hydrogen-bond donors (Lipinski definition) is 1. The van der Waals surface area contributed by atoms with Crippen LogP contribution in [0.4, 0.5) is 0 Å². The fraction of sp³-hybridized carbons (Fsp3) is 0.818. The van der Waals surface area contributed by atoms with E-state index in [4.69, 9.17) is 5.11 Å². The van der Waals surface area contributed by atoms with Crippen molar-refractivity contribution in [2.75, 3.05) is 18.1 Å². The lowest BCUT2D eigenvalue weighted by molar-refractivity contribution is -0.148. The number of carbonyl (C=O) groups excluding carboxylic acids is 1. The molecule has 6 nitrogen and oxygen atoms in total. The van der Waals surface area contributed by atoms with Crippen LogP contribution in [0.1, 0.15) is 25.7 Å². The van der Waals surface area contributed by atoms with E-state index in [1.807, 2.05) is 0 Å². The van der Waals surface area contributed by atoms with Gasteiger partial charge >= 0.3 is 5.97 Å². The summed E-state index contributed by atoms with van der Waals surface area (Å²) in [6, 6.07) is -0.335. The number of likely N-dealkylation sites (tertiary alicyclic amines) is 1. The molecule has 0 saturated carbocycles. The van der Waals surface area contributed by atoms with E-state index in [2.05, 4.69) is 0 Å². The van der Waals surface area contributed by atoms with Crippen LogP contribution in [0.3, 0.4) is 0 Å². The van der Waals surface area contributed by atoms with Crippen LogP contribution in [0.25, 0.3) is 0 Å². The van der Waals surface area contributed by atoms with Gasteiger partial charge in [-0.2, -0.15) is 0 Å². The molecule has 2 heterocycles. The van der Waals surface area contributed by atoms with Crippen molar-refractivity contribution in [3.63, 3.8) is 0 Å². The molecule has 0 bridgehead atoms. The maximum absolute atomic E-state index is 11.8. The number of carboxylic acid groups (broad SMARTS) is 1. The Morgan fingerprint density at radius 1 is 1.33 bits per heavy atom. The van der Waals surface area contributed by atoms with Gasteiger partial charge in [0.15, 0.2) is 9.84 Å². The molecule has 2 unspecified atom stereocenters. The maximum atomic E-state index is 11.8. The summed E-state index contributed by atoms with van der Waals surface area (Å²) >= 11 is 0. The van der Waals surface area contributed by atoms with Crippen molar-refractivity contribution < 1.29 is 23.1 Å². The van der Waals surface area contributed by atoms with Gasteiger partial charge in [0, 0.05) is 19.0 Å². The monoisotopic (exact) mass is 275 g/mol. The van der Waals surface area contributed by atoms with Crippen molar-refractivity contribution in [1.82, 2.24) is 4.90 Å². The SMILES string of the molecule is O=C(O)C1CCC(=O)N(C2CCCS(=O)(=O)C2)C1. The number of sulfone groups is 1. The van der Waals surface area contributed by atoms with E-state index in [1.54, 1.807) is 0 Å². The summed E-state index contributed by atoms with van der Waals surface area (Å²) < 4.78 is 23.1. The summed E-state index contributed by atoms with van der Waals surface area (Å²) in [5.74, 6) is -1.44. The second-order valence-corrected chi connectivity index (χ2v) is 7.26. The van der Waals surface area contributed by atoms with Gasteiger partial charge in [-0.15, -0.1) is 0 Å². The zero-order valence-electron chi connectivity index (χ0n) is 10.0. The second-order valence-electron chi connectivity index (χ2n) is 5.03. The van der Waals surface area contributed by atoms with Crippen molar-refractivity contribution in [3.05, 3.63) is 0 Å². The normalized spacial score (nSPS) is 32.2. The molecule has 1 amide bonds. The summed E-state index contributed by atoms with van der Waals surface area (Å²) in [5.41, 5.74) is 0. The van der Waals surface area contributed by atoms with Crippen molar-refractivity contribution >= 4 is 21.7 Å². The van der Waals surface area contributed by atoms with E-state index in [-0.39, 0.29) is 36.4 Å². The van der Waals surface area contributed by atoms with Crippen LogP contribution in [0.2, 0.25) is 0 Å². The minimum absolute atomic E-state index is 0.0227. The average Bonchev–Trinajstić information content (AvgIpc) is 2.27. The first kappa shape index (κ1) is 13.3. The third kappa shape index (κ3) is 2.82. The molecule has 0 aliphatic carbocycles. The Hall–Kier alpha value is -1.11. The van der Waals surface area contributed by atoms with E-state index in [1.165, 1.54) is 4.90 Å². The number of hydrogen-bond acceptors (Lipinski definition) is 4. The highest BCUT2D eigenvalue weighted by Crippen LogP contribution is 2.25. The number of rotatable bonds is 2. The van der Waals surface area contributed by atoms with Gasteiger partial charge in [-0.05, 0) is 19.3 Å². The number of piperidine rings is 1. The molecular weight excluding hydrogens is 258 g/mol. The number of aliphatic carboxylic acids is 1. The van der Waals surface area contributed by atoms with Gasteiger partial charge in [-0.25, -0.2) is 8.42 Å². The van der Waals surface area contributed by atoms with E-state index in [9.17, 15) is 18.0 Å². The highest BCUT2D eigenvalue weighted by atomic mass is 32.2. The lowest BCUT2D eigenvalue weighted by atomic mass is 9.95. The van der Waals surface area contributed by atoms with Crippen LogP contribution in [0.5, 0.6) is 0 Å². The first-order chi connectivity index (χ1) is 8.39. The van der Waals surface area contributed by atoms with Gasteiger partial charge in [-0.3, -0.25) is 9.59 Å². The first-order valence-electron chi connectivity index (χ1n) is 6.12. The number of carboxylic acids is 1. The van der Waals surface area contributed by atoms with Crippen LogP contribution >= 0.6 is 0 Å². The summed E-state index contributed by atoms with van der Waals surface area (Å²) in [7, 11) is -3.08. The van der Waals surface area contributed by atoms with Crippen LogP contribution in [-0.4, -0.2) is 54.4 Å². The molecule has 0 spiro atoms. The maximum Gasteiger partial charge on any atom is 0.308 e. The largest absolute Gasteiger partial charge is 0.481 e. The Morgan fingerprint density at radius 2 is 2.06 bits per heavy atom. The number of amides is 1. The van der Waals surface area contributed by atoms with E-state index < -0.39 is 21.7 Å². The minimum atomic E-state index is -3.08. The topological polar surface area (TPSA) is 91.8 Å². The Labute approximate surface area is 106 Å². The van der Waals surface area contributed by atoms with E-state index in [0.29, 0.717) is 19.3 Å². The molecule has 0 aromatic heterocycles. The molecule has 7 heteroatoms. The van der Waals surface area contributed by atoms with Gasteiger partial charge < -0.3 is 10.0 Å². The zero-order valence-corrected chi connectivity index (χ0v) is 10.9. The Morgan fingerprint density at radius 3 is 2.67 bits per heavy atom. The molecular formula is C11H17NO5S. The number of carbonyl (C=O) groups is 2. The van der Waals surface area contributed by atoms with Gasteiger partial charge in [0.05, 0.1) is 17.4 Å². The average molecular weight is 275 g/mol. The van der Waals surface area contributed by atoms with Gasteiger partial charge in [0.2, 0.25) is 5.91 Å². The molecule has 0 radical (unpaired) electrons. The molecule has 2 fully saturated rings. The fourth-order valence-corrected chi connectivity index (χ4v) is 4.38. The fourth-order valence-electron chi connectivity index (χ4n) is 2.67. The Bertz CT molecular complexity index is 458. The molecule has 18 heavy (non-hydrogen) atoms. The van der Waals surface area contributed by atoms with Crippen LogP contribution in [0.15, 0.2) is 0 Å². The molecule has 2 aliphatic rings. The van der Waals surface area contributed by atoms with Crippen molar-refractivity contribution in [2.24, 2.45) is 5.92 Å². The third-order valence-corrected chi connectivity index (χ3v) is 5.48. The van der Waals surface area contributed by atoms with E-state index >= 15 is 0 Å². The van der Waals surface area contributed by atoms with Crippen molar-refractivity contribution in [3.8, 4) is 0 Å². The Balaban J connectivity index is 2.10. The first-order valence-corrected chi connectivity index (χ1v) is 7.94. The molecule has 2 saturated heterocycles. The molecule has 2 atom stereocenters.